The first-order valence-electron chi connectivity index (χ1n) is 36.9. The van der Waals surface area contributed by atoms with Crippen LogP contribution in [0.5, 0.6) is 11.5 Å². The number of methoxy groups -OCH3 is 2. The number of benzene rings is 10. The molecule has 0 aliphatic heterocycles. The Hall–Kier alpha value is -8.34. The molecule has 0 radical (unpaired) electrons. The number of hydrogen-bond donors (Lipinski definition) is 0. The average molecular weight is 1370 g/mol. The monoisotopic (exact) mass is 1370 g/mol. The molecule has 101 heavy (non-hydrogen) atoms. The molecule has 2 nitrogen and oxygen atoms in total. The summed E-state index contributed by atoms with van der Waals surface area (Å²) < 4.78 is 35.3. The van der Waals surface area contributed by atoms with Crippen molar-refractivity contribution in [3.05, 3.63) is 344 Å². The Balaban J connectivity index is 0.000000561. The van der Waals surface area contributed by atoms with Crippen LogP contribution in [0.25, 0.3) is 0 Å². The fourth-order valence-corrected chi connectivity index (χ4v) is 10.1. The molecule has 0 atom stereocenters. The summed E-state index contributed by atoms with van der Waals surface area (Å²) in [6.45, 7) is 54.2. The van der Waals surface area contributed by atoms with E-state index in [0.717, 1.165) is 17.1 Å². The van der Waals surface area contributed by atoms with Gasteiger partial charge in [-0.2, -0.15) is 0 Å². The molecule has 0 spiro atoms. The molecule has 0 unspecified atom stereocenters. The molecular weight excluding hydrogens is 1240 g/mol. The summed E-state index contributed by atoms with van der Waals surface area (Å²) in [5.74, 6) is 7.47. The van der Waals surface area contributed by atoms with E-state index >= 15 is 0 Å². The van der Waals surface area contributed by atoms with Gasteiger partial charge in [0.1, 0.15) is 23.1 Å². The predicted octanol–water partition coefficient (Wildman–Crippen LogP) is 29.9. The summed E-state index contributed by atoms with van der Waals surface area (Å²) in [6, 6.07) is 83.5. The third-order valence-corrected chi connectivity index (χ3v) is 16.9. The lowest BCUT2D eigenvalue weighted by molar-refractivity contribution is 0.414. The van der Waals surface area contributed by atoms with Crippen LogP contribution in [0.15, 0.2) is 249 Å². The van der Waals surface area contributed by atoms with Gasteiger partial charge in [-0.05, 0) is 203 Å². The van der Waals surface area contributed by atoms with Crippen molar-refractivity contribution >= 4 is 0 Å². The maximum absolute atomic E-state index is 12.8. The van der Waals surface area contributed by atoms with Crippen LogP contribution in [-0.4, -0.2) is 14.2 Å². The number of aryl methyl sites for hydroxylation is 5. The Kier molecular flexibility index (Phi) is 45.7. The number of hydrogen-bond acceptors (Lipinski definition) is 2. The van der Waals surface area contributed by atoms with Crippen molar-refractivity contribution in [1.82, 2.24) is 0 Å². The highest BCUT2D eigenvalue weighted by molar-refractivity contribution is 5.33. The lowest BCUT2D eigenvalue weighted by Crippen LogP contribution is -1.90. The molecule has 0 aliphatic rings. The molecule has 0 saturated heterocycles. The smallest absolute Gasteiger partial charge is 0.126 e. The van der Waals surface area contributed by atoms with Crippen LogP contribution in [0, 0.1) is 46.3 Å². The van der Waals surface area contributed by atoms with Gasteiger partial charge in [0.25, 0.3) is 0 Å². The molecule has 546 valence electrons. The van der Waals surface area contributed by atoms with Gasteiger partial charge in [0.2, 0.25) is 0 Å². The summed E-state index contributed by atoms with van der Waals surface area (Å²) in [4.78, 5) is 0. The minimum absolute atomic E-state index is 0.0995. The highest BCUT2D eigenvalue weighted by Crippen LogP contribution is 2.24. The Morgan fingerprint density at radius 1 is 0.218 bits per heavy atom. The quantitative estimate of drug-likeness (QED) is 0.121. The van der Waals surface area contributed by atoms with E-state index in [1.54, 1.807) is 20.3 Å². The zero-order chi connectivity index (χ0) is 76.1. The SMILES string of the molecule is CC(C)c1ccc(F)cc1.CC(C)c1ccccc1.CC(C)c1ccccc1F.COc1ccc(C(C)C)cc1.COc1cccc(C(C)C)c1.Cc1ccc(C(C)C)cc1.Cc1cccc(C(C)C)c1.Cc1cccc(C(C)C)c1.Cc1ccccc1C(C)C.Cc1ccccc1C(C)C. The zero-order valence-corrected chi connectivity index (χ0v) is 67.5. The second kappa shape index (κ2) is 50.9. The Labute approximate surface area is 616 Å². The second-order valence-electron chi connectivity index (χ2n) is 29.0. The van der Waals surface area contributed by atoms with E-state index in [0.29, 0.717) is 53.3 Å². The van der Waals surface area contributed by atoms with Gasteiger partial charge in [-0.3, -0.25) is 0 Å². The van der Waals surface area contributed by atoms with Crippen molar-refractivity contribution in [2.24, 2.45) is 0 Å². The van der Waals surface area contributed by atoms with Crippen molar-refractivity contribution in [2.45, 2.75) is 232 Å². The van der Waals surface area contributed by atoms with Crippen LogP contribution in [-0.2, 0) is 0 Å². The fourth-order valence-electron chi connectivity index (χ4n) is 10.1. The molecular formula is C97H132F2O2. The molecule has 0 amide bonds. The summed E-state index contributed by atoms with van der Waals surface area (Å²) in [6.07, 6.45) is 0. The van der Waals surface area contributed by atoms with Crippen LogP contribution in [0.2, 0.25) is 0 Å². The molecule has 0 heterocycles. The molecule has 0 fully saturated rings. The standard InChI is InChI=1S/2C10H14O.5C10H14.2C9H11F.C9H12/c1-8(2)9-4-6-10(11-3)7-5-9;1-8(2)9-5-4-6-10(7-9)11-3;1-8(2)10-6-4-9(3)5-7-10;2*1-8(2)10-6-4-5-9(3)7-10;2*1-8(2)10-7-5-4-6-9(10)3;1-7(2)8-3-5-9(10)6-4-8;1-7(2)8-5-3-4-6-9(8)10;1-8(2)9-6-4-3-5-7-9/h2*4-8H,1-3H3;5*4-8H,1-3H3;2*3-7H,1-2H3;3-8H,1-2H3. The van der Waals surface area contributed by atoms with Crippen LogP contribution in [0.1, 0.15) is 281 Å². The Morgan fingerprint density at radius 3 is 0.792 bits per heavy atom. The van der Waals surface area contributed by atoms with Crippen molar-refractivity contribution in [1.29, 1.82) is 0 Å². The normalized spacial score (nSPS) is 10.3. The van der Waals surface area contributed by atoms with E-state index in [1.165, 1.54) is 96.1 Å². The summed E-state index contributed by atoms with van der Waals surface area (Å²) >= 11 is 0. The van der Waals surface area contributed by atoms with E-state index in [-0.39, 0.29) is 17.6 Å². The number of halogens is 2. The van der Waals surface area contributed by atoms with Crippen molar-refractivity contribution in [2.75, 3.05) is 14.2 Å². The first-order valence-corrected chi connectivity index (χ1v) is 36.9. The Morgan fingerprint density at radius 2 is 0.505 bits per heavy atom. The van der Waals surface area contributed by atoms with E-state index < -0.39 is 0 Å². The van der Waals surface area contributed by atoms with Crippen LogP contribution >= 0.6 is 0 Å². The summed E-state index contributed by atoms with van der Waals surface area (Å²) in [7, 11) is 3.38. The lowest BCUT2D eigenvalue weighted by atomic mass is 9.99. The lowest BCUT2D eigenvalue weighted by Gasteiger charge is -2.07. The van der Waals surface area contributed by atoms with Gasteiger partial charge in [-0.1, -0.05) is 361 Å². The van der Waals surface area contributed by atoms with Crippen molar-refractivity contribution in [3.8, 4) is 11.5 Å². The predicted molar refractivity (Wildman–Crippen MR) is 442 cm³/mol. The minimum Gasteiger partial charge on any atom is -0.497 e. The van der Waals surface area contributed by atoms with Gasteiger partial charge >= 0.3 is 0 Å². The molecule has 0 aromatic heterocycles. The van der Waals surface area contributed by atoms with E-state index in [4.69, 9.17) is 9.47 Å². The topological polar surface area (TPSA) is 18.5 Å². The van der Waals surface area contributed by atoms with Gasteiger partial charge in [0.05, 0.1) is 14.2 Å². The first kappa shape index (κ1) is 90.7. The molecule has 4 heteroatoms. The van der Waals surface area contributed by atoms with Gasteiger partial charge in [-0.15, -0.1) is 0 Å². The van der Waals surface area contributed by atoms with Gasteiger partial charge < -0.3 is 9.47 Å². The molecule has 10 aromatic carbocycles. The highest BCUT2D eigenvalue weighted by atomic mass is 19.1. The summed E-state index contributed by atoms with van der Waals surface area (Å²) in [5, 5.41) is 0. The van der Waals surface area contributed by atoms with Crippen LogP contribution < -0.4 is 9.47 Å². The largest absolute Gasteiger partial charge is 0.497 e. The molecule has 10 aromatic rings. The first-order chi connectivity index (χ1) is 47.7. The molecule has 10 rings (SSSR count). The third-order valence-electron chi connectivity index (χ3n) is 16.9. The molecule has 0 bridgehead atoms. The maximum Gasteiger partial charge on any atom is 0.126 e. The fraction of sp³-hybridized carbons (Fsp3) is 0.381. The maximum atomic E-state index is 12.8. The second-order valence-corrected chi connectivity index (χ2v) is 29.0. The Bertz CT molecular complexity index is 3480. The number of rotatable bonds is 12. The van der Waals surface area contributed by atoms with Gasteiger partial charge in [0.15, 0.2) is 0 Å². The molecule has 0 saturated carbocycles. The van der Waals surface area contributed by atoms with Gasteiger partial charge in [-0.25, -0.2) is 8.78 Å². The van der Waals surface area contributed by atoms with E-state index in [1.807, 2.05) is 68.4 Å². The summed E-state index contributed by atoms with van der Waals surface area (Å²) in [5.41, 5.74) is 20.1. The highest BCUT2D eigenvalue weighted by Gasteiger charge is 2.06. The van der Waals surface area contributed by atoms with Crippen molar-refractivity contribution in [3.63, 3.8) is 0 Å². The molecule has 0 aliphatic carbocycles. The van der Waals surface area contributed by atoms with Crippen LogP contribution in [0.3, 0.4) is 0 Å². The van der Waals surface area contributed by atoms with Crippen LogP contribution in [0.4, 0.5) is 8.78 Å². The minimum atomic E-state index is -0.163. The molecule has 0 N–H and O–H groups in total. The van der Waals surface area contributed by atoms with E-state index in [9.17, 15) is 8.78 Å². The zero-order valence-electron chi connectivity index (χ0n) is 67.5. The third kappa shape index (κ3) is 39.5. The number of ether oxygens (including phenoxy) is 2. The van der Waals surface area contributed by atoms with Crippen molar-refractivity contribution < 1.29 is 18.3 Å². The average Bonchev–Trinajstić information content (AvgIpc) is 1.00. The van der Waals surface area contributed by atoms with Gasteiger partial charge in [0, 0.05) is 0 Å². The van der Waals surface area contributed by atoms with E-state index in [2.05, 4.69) is 329 Å².